The zero-order chi connectivity index (χ0) is 32.5. The van der Waals surface area contributed by atoms with Gasteiger partial charge in [-0.25, -0.2) is 9.97 Å². The standard InChI is InChI=1S/C43H29N5O/c1-46-24-23-45-43(46)29-12-10-13-30(25-29)47(38-26-28-11-2-3-14-32(28)41-35-16-5-7-18-39(35)49-42(38)41)31-20-21-34-33-15-4-6-17-36(33)48(37(34)27-31)40-19-8-9-22-44-40/h2-27H,1H3. The largest absolute Gasteiger partial charge is 0.454 e. The van der Waals surface area contributed by atoms with Gasteiger partial charge in [0.15, 0.2) is 5.58 Å². The summed E-state index contributed by atoms with van der Waals surface area (Å²) in [6.45, 7) is 0. The number of hydrogen-bond acceptors (Lipinski definition) is 4. The molecule has 0 saturated carbocycles. The maximum Gasteiger partial charge on any atom is 0.160 e. The first-order chi connectivity index (χ1) is 24.2. The van der Waals surface area contributed by atoms with Gasteiger partial charge in [-0.3, -0.25) is 4.57 Å². The normalized spacial score (nSPS) is 11.8. The molecule has 10 rings (SSSR count). The Kier molecular flexibility index (Phi) is 5.99. The third-order valence-corrected chi connectivity index (χ3v) is 9.57. The molecule has 6 nitrogen and oxygen atoms in total. The van der Waals surface area contributed by atoms with Crippen molar-refractivity contribution >= 4 is 71.6 Å². The zero-order valence-corrected chi connectivity index (χ0v) is 26.7. The van der Waals surface area contributed by atoms with Gasteiger partial charge in [0.25, 0.3) is 0 Å². The van der Waals surface area contributed by atoms with Crippen molar-refractivity contribution in [3.05, 3.63) is 158 Å². The number of hydrogen-bond donors (Lipinski definition) is 0. The lowest BCUT2D eigenvalue weighted by molar-refractivity contribution is 0.669. The van der Waals surface area contributed by atoms with Gasteiger partial charge in [-0.15, -0.1) is 0 Å². The fourth-order valence-electron chi connectivity index (χ4n) is 7.41. The molecule has 6 aromatic carbocycles. The van der Waals surface area contributed by atoms with Gasteiger partial charge in [-0.2, -0.15) is 0 Å². The van der Waals surface area contributed by atoms with Gasteiger partial charge >= 0.3 is 0 Å². The molecule has 0 N–H and O–H groups in total. The van der Waals surface area contributed by atoms with Crippen LogP contribution in [0.5, 0.6) is 0 Å². The molecule has 0 fully saturated rings. The predicted octanol–water partition coefficient (Wildman–Crippen LogP) is 11.1. The summed E-state index contributed by atoms with van der Waals surface area (Å²) >= 11 is 0. The first-order valence-electron chi connectivity index (χ1n) is 16.4. The van der Waals surface area contributed by atoms with E-state index in [1.54, 1.807) is 0 Å². The maximum atomic E-state index is 6.79. The third kappa shape index (κ3) is 4.21. The molecule has 4 aromatic heterocycles. The van der Waals surface area contributed by atoms with Crippen LogP contribution in [0.3, 0.4) is 0 Å². The van der Waals surface area contributed by atoms with Crippen LogP contribution in [-0.2, 0) is 7.05 Å². The number of para-hydroxylation sites is 2. The molecule has 0 aliphatic heterocycles. The van der Waals surface area contributed by atoms with Crippen LogP contribution in [0, 0.1) is 0 Å². The van der Waals surface area contributed by atoms with E-state index in [4.69, 9.17) is 9.40 Å². The highest BCUT2D eigenvalue weighted by molar-refractivity contribution is 6.23. The number of aryl methyl sites for hydroxylation is 1. The number of fused-ring (bicyclic) bond motifs is 8. The Morgan fingerprint density at radius 1 is 0.592 bits per heavy atom. The SMILES string of the molecule is Cn1ccnc1-c1cccc(N(c2ccc3c4ccccc4n(-c4ccccn4)c3c2)c2cc3ccccc3c3c2oc2ccccc23)c1. The molecule has 10 aromatic rings. The Hall–Kier alpha value is -6.66. The van der Waals surface area contributed by atoms with Crippen molar-refractivity contribution in [3.8, 4) is 17.2 Å². The number of benzene rings is 6. The van der Waals surface area contributed by atoms with Gasteiger partial charge in [0, 0.05) is 64.1 Å². The smallest absolute Gasteiger partial charge is 0.160 e. The molecule has 232 valence electrons. The maximum absolute atomic E-state index is 6.79. The van der Waals surface area contributed by atoms with Crippen LogP contribution in [0.15, 0.2) is 163 Å². The monoisotopic (exact) mass is 631 g/mol. The van der Waals surface area contributed by atoms with E-state index in [1.807, 2.05) is 48.4 Å². The second-order valence-electron chi connectivity index (χ2n) is 12.4. The summed E-state index contributed by atoms with van der Waals surface area (Å²) in [5.41, 5.74) is 7.88. The summed E-state index contributed by atoms with van der Waals surface area (Å²) in [7, 11) is 2.03. The van der Waals surface area contributed by atoms with Gasteiger partial charge in [0.1, 0.15) is 17.2 Å². The number of anilines is 3. The topological polar surface area (TPSA) is 52.0 Å². The Bertz CT molecular complexity index is 2860. The molecule has 4 heterocycles. The molecule has 0 saturated heterocycles. The second-order valence-corrected chi connectivity index (χ2v) is 12.4. The minimum atomic E-state index is 0.840. The minimum Gasteiger partial charge on any atom is -0.454 e. The Morgan fingerprint density at radius 2 is 1.37 bits per heavy atom. The van der Waals surface area contributed by atoms with E-state index in [-0.39, 0.29) is 0 Å². The lowest BCUT2D eigenvalue weighted by atomic mass is 10.0. The minimum absolute atomic E-state index is 0.840. The summed E-state index contributed by atoms with van der Waals surface area (Å²) < 4.78 is 11.1. The van der Waals surface area contributed by atoms with Gasteiger partial charge in [-0.1, -0.05) is 84.9 Å². The molecule has 0 aliphatic carbocycles. The van der Waals surface area contributed by atoms with Gasteiger partial charge in [0.05, 0.1) is 16.7 Å². The highest BCUT2D eigenvalue weighted by Gasteiger charge is 2.24. The summed E-state index contributed by atoms with van der Waals surface area (Å²) in [6, 6.07) is 49.1. The Balaban J connectivity index is 1.31. The molecule has 0 spiro atoms. The van der Waals surface area contributed by atoms with E-state index in [2.05, 4.69) is 136 Å². The van der Waals surface area contributed by atoms with Crippen molar-refractivity contribution in [2.24, 2.45) is 7.05 Å². The number of rotatable bonds is 5. The van der Waals surface area contributed by atoms with Crippen LogP contribution in [0.4, 0.5) is 17.1 Å². The molecule has 0 amide bonds. The van der Waals surface area contributed by atoms with Crippen LogP contribution in [0.25, 0.3) is 71.7 Å². The van der Waals surface area contributed by atoms with E-state index in [0.717, 1.165) is 72.6 Å². The fourth-order valence-corrected chi connectivity index (χ4v) is 7.41. The van der Waals surface area contributed by atoms with Gasteiger partial charge in [-0.05, 0) is 65.4 Å². The van der Waals surface area contributed by atoms with E-state index < -0.39 is 0 Å². The van der Waals surface area contributed by atoms with E-state index in [9.17, 15) is 0 Å². The van der Waals surface area contributed by atoms with Gasteiger partial charge < -0.3 is 13.9 Å². The summed E-state index contributed by atoms with van der Waals surface area (Å²) in [4.78, 5) is 11.8. The number of furan rings is 1. The summed E-state index contributed by atoms with van der Waals surface area (Å²) in [6.07, 6.45) is 5.67. The highest BCUT2D eigenvalue weighted by atomic mass is 16.3. The van der Waals surface area contributed by atoms with Crippen molar-refractivity contribution in [1.82, 2.24) is 19.1 Å². The predicted molar refractivity (Wildman–Crippen MR) is 200 cm³/mol. The molecule has 0 unspecified atom stereocenters. The molecule has 0 aliphatic rings. The van der Waals surface area contributed by atoms with Crippen molar-refractivity contribution < 1.29 is 4.42 Å². The van der Waals surface area contributed by atoms with Crippen LogP contribution in [0.2, 0.25) is 0 Å². The number of aromatic nitrogens is 4. The fraction of sp³-hybridized carbons (Fsp3) is 0.0233. The second kappa shape index (κ2) is 10.7. The summed E-state index contributed by atoms with van der Waals surface area (Å²) in [5.74, 6) is 1.78. The number of pyridine rings is 1. The van der Waals surface area contributed by atoms with E-state index in [0.29, 0.717) is 0 Å². The molecule has 0 atom stereocenters. The van der Waals surface area contributed by atoms with Crippen LogP contribution in [-0.4, -0.2) is 19.1 Å². The quantitative estimate of drug-likeness (QED) is 0.190. The van der Waals surface area contributed by atoms with Crippen LogP contribution < -0.4 is 4.90 Å². The first kappa shape index (κ1) is 27.5. The Morgan fingerprint density at radius 3 is 2.22 bits per heavy atom. The van der Waals surface area contributed by atoms with Crippen molar-refractivity contribution in [2.75, 3.05) is 4.90 Å². The lowest BCUT2D eigenvalue weighted by Gasteiger charge is -2.27. The van der Waals surface area contributed by atoms with Gasteiger partial charge in [0.2, 0.25) is 0 Å². The molecular formula is C43H29N5O. The molecule has 0 bridgehead atoms. The van der Waals surface area contributed by atoms with Crippen molar-refractivity contribution in [1.29, 1.82) is 0 Å². The molecule has 0 radical (unpaired) electrons. The average molecular weight is 632 g/mol. The third-order valence-electron chi connectivity index (χ3n) is 9.57. The zero-order valence-electron chi connectivity index (χ0n) is 26.7. The lowest BCUT2D eigenvalue weighted by Crippen LogP contribution is -2.11. The molecular weight excluding hydrogens is 603 g/mol. The van der Waals surface area contributed by atoms with E-state index >= 15 is 0 Å². The van der Waals surface area contributed by atoms with Crippen molar-refractivity contribution in [3.63, 3.8) is 0 Å². The van der Waals surface area contributed by atoms with Crippen LogP contribution >= 0.6 is 0 Å². The highest BCUT2D eigenvalue weighted by Crippen LogP contribution is 2.47. The average Bonchev–Trinajstić information content (AvgIpc) is 3.86. The summed E-state index contributed by atoms with van der Waals surface area (Å²) in [5, 5.41) is 6.87. The molecule has 6 heteroatoms. The number of nitrogens with zero attached hydrogens (tertiary/aromatic N) is 5. The molecule has 49 heavy (non-hydrogen) atoms. The Labute approximate surface area is 281 Å². The van der Waals surface area contributed by atoms with Crippen molar-refractivity contribution in [2.45, 2.75) is 0 Å². The van der Waals surface area contributed by atoms with E-state index in [1.165, 1.54) is 16.2 Å². The first-order valence-corrected chi connectivity index (χ1v) is 16.4. The van der Waals surface area contributed by atoms with Crippen LogP contribution in [0.1, 0.15) is 0 Å². The number of imidazole rings is 1.